The molecule has 0 radical (unpaired) electrons. The van der Waals surface area contributed by atoms with E-state index in [9.17, 15) is 0 Å². The molecule has 3 aromatic heterocycles. The molecule has 30 heavy (non-hydrogen) atoms. The molecule has 156 valence electrons. The van der Waals surface area contributed by atoms with Crippen molar-refractivity contribution in [3.05, 3.63) is 24.4 Å². The molecule has 0 atom stereocenters. The molecule has 1 aliphatic rings. The SMILES string of the molecule is COc1nc(N[C@H]2CC[C@H](OC)CC2)nc2[nH]cc(-c3ccc4nnn(C)c4c3)c12. The second-order valence-electron chi connectivity index (χ2n) is 7.75. The summed E-state index contributed by atoms with van der Waals surface area (Å²) in [6.45, 7) is 0. The fraction of sp³-hybridized carbons (Fsp3) is 0.429. The van der Waals surface area contributed by atoms with Crippen LogP contribution in [0.2, 0.25) is 0 Å². The second kappa shape index (κ2) is 7.56. The van der Waals surface area contributed by atoms with Crippen LogP contribution in [0.3, 0.4) is 0 Å². The molecule has 1 aromatic carbocycles. The van der Waals surface area contributed by atoms with Gasteiger partial charge in [0.2, 0.25) is 11.8 Å². The van der Waals surface area contributed by atoms with Crippen LogP contribution in [0.1, 0.15) is 25.7 Å². The van der Waals surface area contributed by atoms with Crippen molar-refractivity contribution in [1.82, 2.24) is 29.9 Å². The number of methoxy groups -OCH3 is 2. The van der Waals surface area contributed by atoms with Gasteiger partial charge < -0.3 is 19.8 Å². The molecule has 3 heterocycles. The highest BCUT2D eigenvalue weighted by Crippen LogP contribution is 2.35. The summed E-state index contributed by atoms with van der Waals surface area (Å²) in [6, 6.07) is 6.40. The quantitative estimate of drug-likeness (QED) is 0.523. The Bertz CT molecular complexity index is 1190. The summed E-state index contributed by atoms with van der Waals surface area (Å²) in [4.78, 5) is 12.7. The van der Waals surface area contributed by atoms with Crippen molar-refractivity contribution in [2.75, 3.05) is 19.5 Å². The zero-order chi connectivity index (χ0) is 20.7. The summed E-state index contributed by atoms with van der Waals surface area (Å²) in [7, 11) is 5.31. The van der Waals surface area contributed by atoms with Crippen LogP contribution in [0, 0.1) is 0 Å². The summed E-state index contributed by atoms with van der Waals surface area (Å²) in [6.07, 6.45) is 6.48. The largest absolute Gasteiger partial charge is 0.480 e. The molecule has 0 unspecified atom stereocenters. The number of rotatable bonds is 5. The van der Waals surface area contributed by atoms with Crippen LogP contribution < -0.4 is 10.1 Å². The van der Waals surface area contributed by atoms with E-state index in [0.717, 1.165) is 58.9 Å². The van der Waals surface area contributed by atoms with Crippen molar-refractivity contribution >= 4 is 28.0 Å². The van der Waals surface area contributed by atoms with E-state index in [0.29, 0.717) is 24.0 Å². The number of hydrogen-bond acceptors (Lipinski definition) is 7. The normalized spacial score (nSPS) is 19.4. The lowest BCUT2D eigenvalue weighted by atomic mass is 9.93. The monoisotopic (exact) mass is 407 g/mol. The third kappa shape index (κ3) is 3.24. The number of hydrogen-bond donors (Lipinski definition) is 2. The van der Waals surface area contributed by atoms with Crippen LogP contribution in [-0.2, 0) is 11.8 Å². The predicted molar refractivity (Wildman–Crippen MR) is 115 cm³/mol. The highest BCUT2D eigenvalue weighted by molar-refractivity contribution is 5.99. The highest BCUT2D eigenvalue weighted by atomic mass is 16.5. The molecular formula is C21H25N7O2. The van der Waals surface area contributed by atoms with E-state index in [2.05, 4.69) is 31.7 Å². The number of H-pyrrole nitrogens is 1. The molecule has 4 aromatic rings. The third-order valence-electron chi connectivity index (χ3n) is 5.95. The molecule has 0 amide bonds. The molecule has 2 N–H and O–H groups in total. The first-order chi connectivity index (χ1) is 14.7. The van der Waals surface area contributed by atoms with E-state index < -0.39 is 0 Å². The number of nitrogens with one attached hydrogen (secondary N) is 2. The van der Waals surface area contributed by atoms with Crippen LogP contribution in [0.4, 0.5) is 5.95 Å². The number of anilines is 1. The van der Waals surface area contributed by atoms with Gasteiger partial charge in [0.15, 0.2) is 0 Å². The molecule has 5 rings (SSSR count). The Morgan fingerprint density at radius 3 is 2.73 bits per heavy atom. The van der Waals surface area contributed by atoms with Crippen LogP contribution >= 0.6 is 0 Å². The average Bonchev–Trinajstić information content (AvgIpc) is 3.37. The summed E-state index contributed by atoms with van der Waals surface area (Å²) in [5, 5.41) is 12.6. The average molecular weight is 407 g/mol. The molecule has 1 saturated carbocycles. The summed E-state index contributed by atoms with van der Waals surface area (Å²) < 4.78 is 12.9. The van der Waals surface area contributed by atoms with Gasteiger partial charge in [0.05, 0.1) is 24.1 Å². The summed E-state index contributed by atoms with van der Waals surface area (Å²) >= 11 is 0. The molecule has 9 heteroatoms. The Morgan fingerprint density at radius 1 is 1.13 bits per heavy atom. The predicted octanol–water partition coefficient (Wildman–Crippen LogP) is 3.28. The zero-order valence-electron chi connectivity index (χ0n) is 17.3. The van der Waals surface area contributed by atoms with Crippen molar-refractivity contribution < 1.29 is 9.47 Å². The minimum Gasteiger partial charge on any atom is -0.480 e. The van der Waals surface area contributed by atoms with Gasteiger partial charge in [-0.2, -0.15) is 9.97 Å². The van der Waals surface area contributed by atoms with Gasteiger partial charge in [-0.15, -0.1) is 5.10 Å². The minimum atomic E-state index is 0.340. The lowest BCUT2D eigenvalue weighted by molar-refractivity contribution is 0.0681. The van der Waals surface area contributed by atoms with Crippen LogP contribution in [0.25, 0.3) is 33.2 Å². The maximum atomic E-state index is 5.65. The van der Waals surface area contributed by atoms with E-state index in [-0.39, 0.29) is 0 Å². The zero-order valence-corrected chi connectivity index (χ0v) is 17.3. The Labute approximate surface area is 173 Å². The fourth-order valence-corrected chi connectivity index (χ4v) is 4.26. The molecule has 0 spiro atoms. The standard InChI is InChI=1S/C21H25N7O2/c1-28-17-10-12(4-9-16(17)26-27-28)15-11-22-19-18(15)20(30-3)25-21(24-19)23-13-5-7-14(29-2)8-6-13/h4,9-11,13-14H,5-8H2,1-3H3,(H2,22,23,24,25)/t13-,14-. The smallest absolute Gasteiger partial charge is 0.228 e. The van der Waals surface area contributed by atoms with E-state index >= 15 is 0 Å². The first-order valence-corrected chi connectivity index (χ1v) is 10.2. The van der Waals surface area contributed by atoms with Gasteiger partial charge in [0.1, 0.15) is 11.2 Å². The number of nitrogens with zero attached hydrogens (tertiary/aromatic N) is 5. The molecule has 0 bridgehead atoms. The number of aromatic amines is 1. The Morgan fingerprint density at radius 2 is 1.97 bits per heavy atom. The van der Waals surface area contributed by atoms with E-state index in [1.54, 1.807) is 18.9 Å². The van der Waals surface area contributed by atoms with Crippen LogP contribution in [0.5, 0.6) is 5.88 Å². The number of aromatic nitrogens is 6. The van der Waals surface area contributed by atoms with Gasteiger partial charge in [-0.25, -0.2) is 4.68 Å². The first-order valence-electron chi connectivity index (χ1n) is 10.2. The Hall–Kier alpha value is -3.20. The van der Waals surface area contributed by atoms with E-state index in [1.807, 2.05) is 25.4 Å². The summed E-state index contributed by atoms with van der Waals surface area (Å²) in [5.74, 6) is 1.13. The maximum absolute atomic E-state index is 5.65. The number of ether oxygens (including phenoxy) is 2. The number of fused-ring (bicyclic) bond motifs is 2. The molecule has 9 nitrogen and oxygen atoms in total. The molecule has 0 aliphatic heterocycles. The van der Waals surface area contributed by atoms with Crippen LogP contribution in [-0.4, -0.2) is 56.3 Å². The van der Waals surface area contributed by atoms with Gasteiger partial charge in [0, 0.05) is 32.0 Å². The fourth-order valence-electron chi connectivity index (χ4n) is 4.26. The van der Waals surface area contributed by atoms with Crippen molar-refractivity contribution in [3.63, 3.8) is 0 Å². The van der Waals surface area contributed by atoms with Gasteiger partial charge in [-0.3, -0.25) is 0 Å². The molecule has 1 fully saturated rings. The third-order valence-corrected chi connectivity index (χ3v) is 5.95. The van der Waals surface area contributed by atoms with Crippen molar-refractivity contribution in [2.45, 2.75) is 37.8 Å². The molecule has 0 saturated heterocycles. The highest BCUT2D eigenvalue weighted by Gasteiger charge is 2.23. The number of aryl methyl sites for hydroxylation is 1. The van der Waals surface area contributed by atoms with Crippen molar-refractivity contribution in [2.24, 2.45) is 7.05 Å². The lowest BCUT2D eigenvalue weighted by Crippen LogP contribution is -2.29. The van der Waals surface area contributed by atoms with Gasteiger partial charge in [-0.05, 0) is 43.4 Å². The van der Waals surface area contributed by atoms with Crippen molar-refractivity contribution in [1.29, 1.82) is 0 Å². The maximum Gasteiger partial charge on any atom is 0.228 e. The minimum absolute atomic E-state index is 0.340. The van der Waals surface area contributed by atoms with Gasteiger partial charge in [-0.1, -0.05) is 11.3 Å². The van der Waals surface area contributed by atoms with Gasteiger partial charge in [0.25, 0.3) is 0 Å². The van der Waals surface area contributed by atoms with Gasteiger partial charge >= 0.3 is 0 Å². The van der Waals surface area contributed by atoms with E-state index in [4.69, 9.17) is 14.5 Å². The Kier molecular flexibility index (Phi) is 4.74. The van der Waals surface area contributed by atoms with E-state index in [1.165, 1.54) is 0 Å². The number of benzene rings is 1. The second-order valence-corrected chi connectivity index (χ2v) is 7.75. The molecule has 1 aliphatic carbocycles. The first kappa shape index (κ1) is 18.8. The lowest BCUT2D eigenvalue weighted by Gasteiger charge is -2.28. The Balaban J connectivity index is 1.49. The summed E-state index contributed by atoms with van der Waals surface area (Å²) in [5.41, 5.74) is 4.58. The molecular weight excluding hydrogens is 382 g/mol. The van der Waals surface area contributed by atoms with Crippen LogP contribution in [0.15, 0.2) is 24.4 Å². The topological polar surface area (TPSA) is 103 Å². The van der Waals surface area contributed by atoms with Crippen molar-refractivity contribution in [3.8, 4) is 17.0 Å².